The molecule has 0 aromatic heterocycles. The zero-order valence-electron chi connectivity index (χ0n) is 25.1. The fraction of sp³-hybridized carbons (Fsp3) is 0.438. The number of hydrogen-bond donors (Lipinski definition) is 4. The molecule has 0 aliphatic heterocycles. The summed E-state index contributed by atoms with van der Waals surface area (Å²) in [5.74, 6) is -6.57. The number of benzene rings is 2. The first-order valence-electron chi connectivity index (χ1n) is 13.7. The van der Waals surface area contributed by atoms with Gasteiger partial charge in [-0.15, -0.1) is 0 Å². The van der Waals surface area contributed by atoms with E-state index in [1.807, 2.05) is 13.8 Å². The highest BCUT2D eigenvalue weighted by atomic mass is 19.4. The third-order valence-electron chi connectivity index (χ3n) is 8.09. The summed E-state index contributed by atoms with van der Waals surface area (Å²) in [7, 11) is 2.82. The summed E-state index contributed by atoms with van der Waals surface area (Å²) in [6.45, 7) is 6.53. The van der Waals surface area contributed by atoms with E-state index in [0.29, 0.717) is 5.57 Å². The van der Waals surface area contributed by atoms with Crippen LogP contribution < -0.4 is 10.6 Å². The molecule has 1 aliphatic rings. The van der Waals surface area contributed by atoms with Gasteiger partial charge in [0.2, 0.25) is 11.8 Å². The van der Waals surface area contributed by atoms with Crippen molar-refractivity contribution in [1.29, 1.82) is 0 Å². The monoisotopic (exact) mass is 604 g/mol. The van der Waals surface area contributed by atoms with Gasteiger partial charge in [-0.3, -0.25) is 19.2 Å². The molecule has 3 rings (SSSR count). The molecule has 0 saturated carbocycles. The fourth-order valence-electron chi connectivity index (χ4n) is 5.34. The molecule has 234 valence electrons. The number of aliphatic carboxylic acids is 2. The maximum Gasteiger partial charge on any atom is 0.402 e. The quantitative estimate of drug-likeness (QED) is 0.313. The van der Waals surface area contributed by atoms with Gasteiger partial charge in [0, 0.05) is 20.5 Å². The van der Waals surface area contributed by atoms with E-state index in [2.05, 4.69) is 10.6 Å². The number of rotatable bonds is 8. The molecule has 0 spiro atoms. The summed E-state index contributed by atoms with van der Waals surface area (Å²) in [4.78, 5) is 46.5. The number of alkyl halides is 3. The number of carbonyl (C=O) groups excluding carboxylic acids is 2. The van der Waals surface area contributed by atoms with Gasteiger partial charge >= 0.3 is 18.1 Å². The van der Waals surface area contributed by atoms with Crippen LogP contribution in [0.3, 0.4) is 0 Å². The summed E-state index contributed by atoms with van der Waals surface area (Å²) in [6, 6.07) is 13.1. The lowest BCUT2D eigenvalue weighted by Crippen LogP contribution is -2.42. The normalized spacial score (nSPS) is 19.2. The summed E-state index contributed by atoms with van der Waals surface area (Å²) in [6.07, 6.45) is -2.93. The Morgan fingerprint density at radius 3 is 1.67 bits per heavy atom. The molecule has 2 aromatic rings. The van der Waals surface area contributed by atoms with Crippen molar-refractivity contribution in [1.82, 2.24) is 10.6 Å². The van der Waals surface area contributed by atoms with Crippen LogP contribution in [0.5, 0.6) is 0 Å². The average Bonchev–Trinajstić information content (AvgIpc) is 2.94. The standard InChI is InChI=1S/C17H17F3.C15H22N2O6/c1-12-4-8-14(9-5-12)16(3,17(18,19)20)15-10-6-13(2)7-11-15;1-7-4-8(9(14(20)21)6-11(18)16-2)5-10(13(19)17-3)12(7)15(22)23/h4-11H,1-3H3;4,8-10,12H,5-6H2,1-3H3,(H,16,18)(H,17,19)(H,20,21)(H,22,23). The molecular formula is C32H39F3N2O6. The molecule has 0 fully saturated rings. The minimum Gasteiger partial charge on any atom is -0.481 e. The van der Waals surface area contributed by atoms with Crippen LogP contribution in [0.1, 0.15) is 48.9 Å². The van der Waals surface area contributed by atoms with E-state index >= 15 is 0 Å². The Kier molecular flexibility index (Phi) is 11.7. The summed E-state index contributed by atoms with van der Waals surface area (Å²) < 4.78 is 41.0. The molecule has 4 atom stereocenters. The van der Waals surface area contributed by atoms with Gasteiger partial charge in [0.1, 0.15) is 5.41 Å². The first kappa shape index (κ1) is 35.0. The van der Waals surface area contributed by atoms with Gasteiger partial charge in [-0.1, -0.05) is 71.3 Å². The van der Waals surface area contributed by atoms with E-state index in [9.17, 15) is 42.6 Å². The minimum absolute atomic E-state index is 0.0714. The largest absolute Gasteiger partial charge is 0.481 e. The van der Waals surface area contributed by atoms with Gasteiger partial charge in [-0.05, 0) is 51.2 Å². The maximum atomic E-state index is 13.7. The van der Waals surface area contributed by atoms with Crippen LogP contribution >= 0.6 is 0 Å². The molecule has 43 heavy (non-hydrogen) atoms. The van der Waals surface area contributed by atoms with Crippen molar-refractivity contribution >= 4 is 23.8 Å². The van der Waals surface area contributed by atoms with Crippen LogP contribution in [0.25, 0.3) is 0 Å². The average molecular weight is 605 g/mol. The van der Waals surface area contributed by atoms with Crippen LogP contribution in [-0.4, -0.2) is 54.2 Å². The predicted octanol–water partition coefficient (Wildman–Crippen LogP) is 5.02. The Balaban J connectivity index is 0.000000303. The lowest BCUT2D eigenvalue weighted by Gasteiger charge is -2.34. The van der Waals surface area contributed by atoms with Crippen LogP contribution in [0.15, 0.2) is 60.2 Å². The number of hydrogen-bond acceptors (Lipinski definition) is 4. The number of allylic oxidation sites excluding steroid dienone is 1. The number of carboxylic acids is 2. The van der Waals surface area contributed by atoms with E-state index < -0.39 is 59.0 Å². The van der Waals surface area contributed by atoms with Gasteiger partial charge in [0.15, 0.2) is 0 Å². The molecule has 1 aliphatic carbocycles. The van der Waals surface area contributed by atoms with Crippen molar-refractivity contribution in [2.45, 2.75) is 52.1 Å². The molecule has 0 heterocycles. The number of carbonyl (C=O) groups is 4. The maximum absolute atomic E-state index is 13.7. The Hall–Kier alpha value is -4.15. The SMILES string of the molecule is CNC(=O)CC(C(=O)O)C1C=C(C)C(C(=O)O)C(C(=O)NC)C1.Cc1ccc(C(C)(c2ccc(C)cc2)C(F)(F)F)cc1. The van der Waals surface area contributed by atoms with Crippen LogP contribution in [-0.2, 0) is 24.6 Å². The van der Waals surface area contributed by atoms with E-state index in [4.69, 9.17) is 0 Å². The Labute approximate surface area is 249 Å². The van der Waals surface area contributed by atoms with Crippen molar-refractivity contribution in [3.63, 3.8) is 0 Å². The Morgan fingerprint density at radius 1 is 0.860 bits per heavy atom. The van der Waals surface area contributed by atoms with Crippen molar-refractivity contribution in [2.24, 2.45) is 23.7 Å². The molecule has 8 nitrogen and oxygen atoms in total. The topological polar surface area (TPSA) is 133 Å². The second-order valence-electron chi connectivity index (χ2n) is 11.0. The molecular weight excluding hydrogens is 565 g/mol. The molecule has 0 saturated heterocycles. The molecule has 11 heteroatoms. The predicted molar refractivity (Wildman–Crippen MR) is 155 cm³/mol. The zero-order valence-corrected chi connectivity index (χ0v) is 25.1. The highest BCUT2D eigenvalue weighted by molar-refractivity contribution is 5.87. The van der Waals surface area contributed by atoms with Gasteiger partial charge in [0.25, 0.3) is 0 Å². The number of halogens is 3. The molecule has 2 aromatic carbocycles. The first-order chi connectivity index (χ1) is 20.0. The van der Waals surface area contributed by atoms with Gasteiger partial charge in [-0.25, -0.2) is 0 Å². The van der Waals surface area contributed by atoms with Crippen LogP contribution in [0.4, 0.5) is 13.2 Å². The molecule has 4 unspecified atom stereocenters. The number of nitrogens with one attached hydrogen (secondary N) is 2. The summed E-state index contributed by atoms with van der Waals surface area (Å²) >= 11 is 0. The van der Waals surface area contributed by atoms with Crippen LogP contribution in [0, 0.1) is 37.5 Å². The highest BCUT2D eigenvalue weighted by Gasteiger charge is 2.53. The van der Waals surface area contributed by atoms with E-state index in [1.54, 1.807) is 61.5 Å². The van der Waals surface area contributed by atoms with Crippen molar-refractivity contribution < 1.29 is 42.6 Å². The summed E-state index contributed by atoms with van der Waals surface area (Å²) in [5.41, 5.74) is 0.864. The van der Waals surface area contributed by atoms with E-state index in [-0.39, 0.29) is 24.0 Å². The Bertz CT molecular complexity index is 1290. The van der Waals surface area contributed by atoms with Gasteiger partial charge in [-0.2, -0.15) is 13.2 Å². The molecule has 2 amide bonds. The number of amides is 2. The smallest absolute Gasteiger partial charge is 0.402 e. The molecule has 0 bridgehead atoms. The summed E-state index contributed by atoms with van der Waals surface area (Å²) in [5, 5.41) is 23.5. The van der Waals surface area contributed by atoms with Crippen molar-refractivity contribution in [2.75, 3.05) is 14.1 Å². The van der Waals surface area contributed by atoms with E-state index in [0.717, 1.165) is 11.1 Å². The fourth-order valence-corrected chi connectivity index (χ4v) is 5.34. The second kappa shape index (κ2) is 14.3. The zero-order chi connectivity index (χ0) is 32.7. The van der Waals surface area contributed by atoms with Gasteiger partial charge < -0.3 is 20.8 Å². The highest BCUT2D eigenvalue weighted by Crippen LogP contribution is 2.46. The third kappa shape index (κ3) is 8.24. The first-order valence-corrected chi connectivity index (χ1v) is 13.7. The lowest BCUT2D eigenvalue weighted by atomic mass is 9.70. The number of aryl methyl sites for hydroxylation is 2. The van der Waals surface area contributed by atoms with Crippen LogP contribution in [0.2, 0.25) is 0 Å². The van der Waals surface area contributed by atoms with Crippen molar-refractivity contribution in [3.05, 3.63) is 82.4 Å². The number of carboxylic acid groups (broad SMARTS) is 2. The Morgan fingerprint density at radius 2 is 1.33 bits per heavy atom. The molecule has 4 N–H and O–H groups in total. The second-order valence-corrected chi connectivity index (χ2v) is 11.0. The minimum atomic E-state index is -4.35. The van der Waals surface area contributed by atoms with Crippen molar-refractivity contribution in [3.8, 4) is 0 Å². The van der Waals surface area contributed by atoms with E-state index in [1.165, 1.54) is 21.0 Å². The lowest BCUT2D eigenvalue weighted by molar-refractivity contribution is -0.173. The van der Waals surface area contributed by atoms with Gasteiger partial charge in [0.05, 0.1) is 17.8 Å². The molecule has 0 radical (unpaired) electrons. The third-order valence-corrected chi connectivity index (χ3v) is 8.09.